The van der Waals surface area contributed by atoms with E-state index in [1.54, 1.807) is 29.2 Å². The molecule has 32 heavy (non-hydrogen) atoms. The fourth-order valence-electron chi connectivity index (χ4n) is 4.14. The Bertz CT molecular complexity index is 1060. The first-order valence-electron chi connectivity index (χ1n) is 10.9. The van der Waals surface area contributed by atoms with Crippen LogP contribution in [0.4, 0.5) is 5.69 Å². The van der Waals surface area contributed by atoms with E-state index in [1.807, 2.05) is 18.2 Å². The number of carbonyl (C=O) groups is 1. The van der Waals surface area contributed by atoms with Gasteiger partial charge in [0, 0.05) is 50.0 Å². The molecule has 2 fully saturated rings. The largest absolute Gasteiger partial charge is 0.484 e. The maximum absolute atomic E-state index is 12.6. The van der Waals surface area contributed by atoms with Crippen LogP contribution in [-0.4, -0.2) is 69.4 Å². The van der Waals surface area contributed by atoms with E-state index in [0.717, 1.165) is 37.2 Å². The van der Waals surface area contributed by atoms with Crippen LogP contribution in [0, 0.1) is 6.92 Å². The van der Waals surface area contributed by atoms with Gasteiger partial charge >= 0.3 is 0 Å². The minimum absolute atomic E-state index is 0.0750. The number of benzene rings is 2. The molecule has 0 aromatic heterocycles. The van der Waals surface area contributed by atoms with Gasteiger partial charge < -0.3 is 14.5 Å². The van der Waals surface area contributed by atoms with Crippen LogP contribution in [0.1, 0.15) is 18.4 Å². The highest BCUT2D eigenvalue weighted by molar-refractivity contribution is 7.89. The molecule has 0 aliphatic carbocycles. The maximum Gasteiger partial charge on any atom is 0.260 e. The fraction of sp³-hybridized carbons (Fsp3) is 0.435. The quantitative estimate of drug-likeness (QED) is 0.639. The molecule has 0 spiro atoms. The lowest BCUT2D eigenvalue weighted by molar-refractivity contribution is -0.133. The van der Waals surface area contributed by atoms with Gasteiger partial charge in [0.25, 0.3) is 5.91 Å². The zero-order valence-corrected chi connectivity index (χ0v) is 19.7. The number of rotatable bonds is 6. The number of carbonyl (C=O) groups excluding carboxylic acids is 1. The van der Waals surface area contributed by atoms with Crippen molar-refractivity contribution in [1.82, 2.24) is 9.21 Å². The highest BCUT2D eigenvalue weighted by Crippen LogP contribution is 2.26. The van der Waals surface area contributed by atoms with Crippen molar-refractivity contribution in [3.63, 3.8) is 0 Å². The Balaban J connectivity index is 1.28. The van der Waals surface area contributed by atoms with Crippen LogP contribution >= 0.6 is 11.6 Å². The van der Waals surface area contributed by atoms with E-state index in [9.17, 15) is 13.2 Å². The molecule has 0 bridgehead atoms. The number of anilines is 1. The number of nitrogens with zero attached hydrogens (tertiary/aromatic N) is 3. The van der Waals surface area contributed by atoms with Crippen LogP contribution in [0.2, 0.25) is 5.02 Å². The first-order valence-corrected chi connectivity index (χ1v) is 12.7. The van der Waals surface area contributed by atoms with Crippen LogP contribution in [0.25, 0.3) is 0 Å². The van der Waals surface area contributed by atoms with Gasteiger partial charge in [-0.2, -0.15) is 4.31 Å². The molecule has 0 N–H and O–H groups in total. The number of hydrogen-bond acceptors (Lipinski definition) is 5. The summed E-state index contributed by atoms with van der Waals surface area (Å²) in [6, 6.07) is 12.1. The van der Waals surface area contributed by atoms with Crippen molar-refractivity contribution in [3.05, 3.63) is 53.1 Å². The molecule has 9 heteroatoms. The summed E-state index contributed by atoms with van der Waals surface area (Å²) in [5.74, 6) is 0.396. The van der Waals surface area contributed by atoms with Crippen LogP contribution in [0.3, 0.4) is 0 Å². The van der Waals surface area contributed by atoms with Gasteiger partial charge in [-0.25, -0.2) is 8.42 Å². The Labute approximate surface area is 194 Å². The Kier molecular flexibility index (Phi) is 6.93. The predicted molar refractivity (Wildman–Crippen MR) is 125 cm³/mol. The second-order valence-electron chi connectivity index (χ2n) is 8.17. The zero-order valence-electron chi connectivity index (χ0n) is 18.2. The first kappa shape index (κ1) is 22.9. The molecule has 2 saturated heterocycles. The second kappa shape index (κ2) is 9.68. The van der Waals surface area contributed by atoms with Gasteiger partial charge in [0.2, 0.25) is 10.0 Å². The van der Waals surface area contributed by atoms with Crippen molar-refractivity contribution in [3.8, 4) is 5.75 Å². The highest BCUT2D eigenvalue weighted by atomic mass is 35.5. The standard InChI is InChI=1S/C23H28ClN3O4S/c1-18-4-5-19(24)16-22(18)25-12-14-26(15-13-25)23(28)17-31-20-6-8-21(9-7-20)32(29,30)27-10-2-3-11-27/h4-9,16H,2-3,10-15,17H2,1H3. The highest BCUT2D eigenvalue weighted by Gasteiger charge is 2.27. The molecule has 0 atom stereocenters. The first-order chi connectivity index (χ1) is 15.3. The molecule has 0 unspecified atom stereocenters. The minimum Gasteiger partial charge on any atom is -0.484 e. The Hall–Kier alpha value is -2.29. The van der Waals surface area contributed by atoms with Gasteiger partial charge in [-0.3, -0.25) is 4.79 Å². The van der Waals surface area contributed by atoms with Crippen molar-refractivity contribution in [2.24, 2.45) is 0 Å². The SMILES string of the molecule is Cc1ccc(Cl)cc1N1CCN(C(=O)COc2ccc(S(=O)(=O)N3CCCC3)cc2)CC1. The molecule has 2 aromatic rings. The molecule has 2 heterocycles. The molecule has 172 valence electrons. The summed E-state index contributed by atoms with van der Waals surface area (Å²) in [7, 11) is -3.45. The molecule has 4 rings (SSSR count). The van der Waals surface area contributed by atoms with Gasteiger partial charge in [-0.15, -0.1) is 0 Å². The van der Waals surface area contributed by atoms with Gasteiger partial charge in [0.15, 0.2) is 6.61 Å². The number of sulfonamides is 1. The summed E-state index contributed by atoms with van der Waals surface area (Å²) in [4.78, 5) is 16.9. The Morgan fingerprint density at radius 2 is 1.62 bits per heavy atom. The Morgan fingerprint density at radius 3 is 2.28 bits per heavy atom. The Morgan fingerprint density at radius 1 is 0.969 bits per heavy atom. The van der Waals surface area contributed by atoms with E-state index in [-0.39, 0.29) is 17.4 Å². The molecule has 0 saturated carbocycles. The van der Waals surface area contributed by atoms with E-state index >= 15 is 0 Å². The minimum atomic E-state index is -3.45. The lowest BCUT2D eigenvalue weighted by Crippen LogP contribution is -2.50. The van der Waals surface area contributed by atoms with Crippen LogP contribution < -0.4 is 9.64 Å². The predicted octanol–water partition coefficient (Wildman–Crippen LogP) is 3.16. The van der Waals surface area contributed by atoms with E-state index in [1.165, 1.54) is 4.31 Å². The van der Waals surface area contributed by atoms with Crippen molar-refractivity contribution in [1.29, 1.82) is 0 Å². The number of halogens is 1. The summed E-state index contributed by atoms with van der Waals surface area (Å²) >= 11 is 6.14. The van der Waals surface area contributed by atoms with Gasteiger partial charge in [-0.1, -0.05) is 17.7 Å². The van der Waals surface area contributed by atoms with Crippen molar-refractivity contribution < 1.29 is 17.9 Å². The third kappa shape index (κ3) is 5.03. The molecule has 1 amide bonds. The number of hydrogen-bond donors (Lipinski definition) is 0. The van der Waals surface area contributed by atoms with Crippen molar-refractivity contribution in [2.45, 2.75) is 24.7 Å². The number of amides is 1. The third-order valence-electron chi connectivity index (χ3n) is 6.03. The van der Waals surface area contributed by atoms with Crippen molar-refractivity contribution >= 4 is 33.2 Å². The van der Waals surface area contributed by atoms with Gasteiger partial charge in [0.1, 0.15) is 5.75 Å². The third-order valence-corrected chi connectivity index (χ3v) is 8.18. The zero-order chi connectivity index (χ0) is 22.7. The average Bonchev–Trinajstić information content (AvgIpc) is 3.35. The lowest BCUT2D eigenvalue weighted by atomic mass is 10.1. The second-order valence-corrected chi connectivity index (χ2v) is 10.5. The number of piperazine rings is 1. The molecule has 7 nitrogen and oxygen atoms in total. The van der Waals surface area contributed by atoms with Crippen LogP contribution in [0.15, 0.2) is 47.4 Å². The monoisotopic (exact) mass is 477 g/mol. The molecular weight excluding hydrogens is 450 g/mol. The maximum atomic E-state index is 12.6. The van der Waals surface area contributed by atoms with Gasteiger partial charge in [-0.05, 0) is 61.7 Å². The molecule has 2 aliphatic rings. The lowest BCUT2D eigenvalue weighted by Gasteiger charge is -2.36. The summed E-state index contributed by atoms with van der Waals surface area (Å²) in [6.45, 7) is 5.81. The van der Waals surface area contributed by atoms with Crippen molar-refractivity contribution in [2.75, 3.05) is 50.8 Å². The smallest absolute Gasteiger partial charge is 0.260 e. The average molecular weight is 478 g/mol. The summed E-state index contributed by atoms with van der Waals surface area (Å²) in [5, 5.41) is 0.705. The summed E-state index contributed by atoms with van der Waals surface area (Å²) in [5.41, 5.74) is 2.26. The van der Waals surface area contributed by atoms with Crippen LogP contribution in [-0.2, 0) is 14.8 Å². The number of ether oxygens (including phenoxy) is 1. The molecular formula is C23H28ClN3O4S. The van der Waals surface area contributed by atoms with E-state index < -0.39 is 10.0 Å². The normalized spacial score (nSPS) is 17.6. The number of aryl methyl sites for hydroxylation is 1. The van der Waals surface area contributed by atoms with Gasteiger partial charge in [0.05, 0.1) is 4.90 Å². The fourth-order valence-corrected chi connectivity index (χ4v) is 5.83. The molecule has 2 aliphatic heterocycles. The van der Waals surface area contributed by atoms with E-state index in [4.69, 9.17) is 16.3 Å². The van der Waals surface area contributed by atoms with E-state index in [0.29, 0.717) is 37.0 Å². The summed E-state index contributed by atoms with van der Waals surface area (Å²) < 4.78 is 32.3. The van der Waals surface area contributed by atoms with E-state index in [2.05, 4.69) is 11.8 Å². The topological polar surface area (TPSA) is 70.2 Å². The van der Waals surface area contributed by atoms with Crippen LogP contribution in [0.5, 0.6) is 5.75 Å². The summed E-state index contributed by atoms with van der Waals surface area (Å²) in [6.07, 6.45) is 1.80. The molecule has 0 radical (unpaired) electrons. The molecule has 2 aromatic carbocycles.